The number of alkyl halides is 1. The lowest BCUT2D eigenvalue weighted by Crippen LogP contribution is -1.90. The van der Waals surface area contributed by atoms with Crippen LogP contribution in [0.1, 0.15) is 5.56 Å². The maximum absolute atomic E-state index is 10.6. The van der Waals surface area contributed by atoms with Crippen LogP contribution in [-0.4, -0.2) is 14.9 Å². The topological polar surface area (TPSA) is 71.8 Å². The zero-order valence-corrected chi connectivity index (χ0v) is 7.78. The number of hydrogen-bond donors (Lipinski definition) is 1. The lowest BCUT2D eigenvalue weighted by molar-refractivity contribution is -0.384. The summed E-state index contributed by atoms with van der Waals surface area (Å²) in [5.41, 5.74) is 2.01. The van der Waals surface area contributed by atoms with E-state index in [1.54, 1.807) is 0 Å². The summed E-state index contributed by atoms with van der Waals surface area (Å²) < 4.78 is 0. The number of halogens is 1. The number of fused-ring (bicyclic) bond motifs is 1. The van der Waals surface area contributed by atoms with Crippen LogP contribution in [0.15, 0.2) is 18.5 Å². The predicted molar refractivity (Wildman–Crippen MR) is 52.3 cm³/mol. The number of nitro groups is 1. The molecule has 0 radical (unpaired) electrons. The zero-order chi connectivity index (χ0) is 10.1. The Kier molecular flexibility index (Phi) is 2.09. The van der Waals surface area contributed by atoms with Crippen LogP contribution in [0.2, 0.25) is 0 Å². The van der Waals surface area contributed by atoms with Gasteiger partial charge in [-0.25, -0.2) is 4.98 Å². The van der Waals surface area contributed by atoms with Gasteiger partial charge in [-0.05, 0) is 0 Å². The van der Waals surface area contributed by atoms with Crippen molar-refractivity contribution in [2.24, 2.45) is 0 Å². The number of H-pyrrole nitrogens is 1. The van der Waals surface area contributed by atoms with Crippen LogP contribution in [0.4, 0.5) is 5.69 Å². The van der Waals surface area contributed by atoms with Gasteiger partial charge in [-0.1, -0.05) is 0 Å². The third-order valence-electron chi connectivity index (χ3n) is 1.94. The summed E-state index contributed by atoms with van der Waals surface area (Å²) in [6, 6.07) is 2.88. The fourth-order valence-electron chi connectivity index (χ4n) is 1.31. The number of rotatable bonds is 2. The Morgan fingerprint density at radius 2 is 2.36 bits per heavy atom. The zero-order valence-electron chi connectivity index (χ0n) is 7.03. The van der Waals surface area contributed by atoms with Crippen LogP contribution in [-0.2, 0) is 5.88 Å². The van der Waals surface area contributed by atoms with E-state index in [0.717, 1.165) is 0 Å². The number of hydrogen-bond acceptors (Lipinski definition) is 3. The minimum absolute atomic E-state index is 0.0254. The van der Waals surface area contributed by atoms with Crippen molar-refractivity contribution >= 4 is 28.3 Å². The molecule has 1 N–H and O–H groups in total. The molecule has 0 aliphatic heterocycles. The molecule has 0 spiro atoms. The van der Waals surface area contributed by atoms with Gasteiger partial charge >= 0.3 is 0 Å². The van der Waals surface area contributed by atoms with E-state index in [1.807, 2.05) is 0 Å². The highest BCUT2D eigenvalue weighted by molar-refractivity contribution is 6.17. The average Bonchev–Trinajstić information content (AvgIpc) is 2.63. The highest BCUT2D eigenvalue weighted by Crippen LogP contribution is 2.23. The second-order valence-electron chi connectivity index (χ2n) is 2.79. The van der Waals surface area contributed by atoms with Gasteiger partial charge in [0.2, 0.25) is 0 Å². The molecule has 0 saturated heterocycles. The smallest absolute Gasteiger partial charge is 0.271 e. The lowest BCUT2D eigenvalue weighted by atomic mass is 10.2. The van der Waals surface area contributed by atoms with Gasteiger partial charge in [0.25, 0.3) is 5.69 Å². The van der Waals surface area contributed by atoms with Crippen molar-refractivity contribution in [2.45, 2.75) is 5.88 Å². The van der Waals surface area contributed by atoms with Gasteiger partial charge in [-0.15, -0.1) is 11.6 Å². The Labute approximate surface area is 83.9 Å². The maximum Gasteiger partial charge on any atom is 0.271 e. The van der Waals surface area contributed by atoms with Crippen molar-refractivity contribution in [3.05, 3.63) is 34.1 Å². The highest BCUT2D eigenvalue weighted by atomic mass is 35.5. The standard InChI is InChI=1S/C8H6ClN3O2/c9-3-5-1-6(12(13)14)2-7-8(5)11-4-10-7/h1-2,4H,3H2,(H,10,11). The molecule has 0 atom stereocenters. The molecular weight excluding hydrogens is 206 g/mol. The molecule has 0 fully saturated rings. The predicted octanol–water partition coefficient (Wildman–Crippen LogP) is 2.21. The number of aromatic amines is 1. The molecule has 2 aromatic rings. The summed E-state index contributed by atoms with van der Waals surface area (Å²) in [5, 5.41) is 10.6. The quantitative estimate of drug-likeness (QED) is 0.470. The van der Waals surface area contributed by atoms with Crippen molar-refractivity contribution in [3.8, 4) is 0 Å². The van der Waals surface area contributed by atoms with E-state index >= 15 is 0 Å². The number of non-ortho nitro benzene ring substituents is 1. The number of benzene rings is 1. The first kappa shape index (κ1) is 8.96. The summed E-state index contributed by atoms with van der Waals surface area (Å²) in [5.74, 6) is 0.211. The first-order valence-corrected chi connectivity index (χ1v) is 4.42. The summed E-state index contributed by atoms with van der Waals surface area (Å²) in [7, 11) is 0. The lowest BCUT2D eigenvalue weighted by Gasteiger charge is -1.97. The van der Waals surface area contributed by atoms with Crippen LogP contribution >= 0.6 is 11.6 Å². The molecule has 0 bridgehead atoms. The monoisotopic (exact) mass is 211 g/mol. The molecule has 14 heavy (non-hydrogen) atoms. The average molecular weight is 212 g/mol. The minimum atomic E-state index is -0.448. The molecule has 0 unspecified atom stereocenters. The van der Waals surface area contributed by atoms with Crippen molar-refractivity contribution in [1.82, 2.24) is 9.97 Å². The maximum atomic E-state index is 10.6. The van der Waals surface area contributed by atoms with Crippen LogP contribution in [0.25, 0.3) is 11.0 Å². The van der Waals surface area contributed by atoms with E-state index in [9.17, 15) is 10.1 Å². The van der Waals surface area contributed by atoms with Crippen molar-refractivity contribution in [1.29, 1.82) is 0 Å². The normalized spacial score (nSPS) is 10.6. The van der Waals surface area contributed by atoms with Crippen LogP contribution in [0, 0.1) is 10.1 Å². The molecule has 1 aromatic carbocycles. The molecule has 1 heterocycles. The van der Waals surface area contributed by atoms with Gasteiger partial charge in [0, 0.05) is 23.6 Å². The summed E-state index contributed by atoms with van der Waals surface area (Å²) >= 11 is 5.66. The third-order valence-corrected chi connectivity index (χ3v) is 2.23. The van der Waals surface area contributed by atoms with Crippen LogP contribution in [0.5, 0.6) is 0 Å². The Balaban J connectivity index is 2.73. The first-order valence-electron chi connectivity index (χ1n) is 3.88. The van der Waals surface area contributed by atoms with Crippen LogP contribution < -0.4 is 0 Å². The molecule has 1 aromatic heterocycles. The summed E-state index contributed by atoms with van der Waals surface area (Å²) in [4.78, 5) is 17.0. The molecule has 2 rings (SSSR count). The molecule has 0 saturated carbocycles. The molecule has 0 aliphatic rings. The van der Waals surface area contributed by atoms with Gasteiger partial charge < -0.3 is 4.98 Å². The fraction of sp³-hybridized carbons (Fsp3) is 0.125. The Hall–Kier alpha value is -1.62. The Morgan fingerprint density at radius 3 is 3.00 bits per heavy atom. The second-order valence-corrected chi connectivity index (χ2v) is 3.06. The number of nitrogens with zero attached hydrogens (tertiary/aromatic N) is 2. The fourth-order valence-corrected chi connectivity index (χ4v) is 1.52. The molecule has 0 aliphatic carbocycles. The molecule has 5 nitrogen and oxygen atoms in total. The van der Waals surface area contributed by atoms with Gasteiger partial charge in [0.05, 0.1) is 22.3 Å². The van der Waals surface area contributed by atoms with E-state index in [0.29, 0.717) is 16.6 Å². The van der Waals surface area contributed by atoms with E-state index in [4.69, 9.17) is 11.6 Å². The van der Waals surface area contributed by atoms with Crippen molar-refractivity contribution in [3.63, 3.8) is 0 Å². The Bertz CT molecular complexity index is 494. The molecular formula is C8H6ClN3O2. The first-order chi connectivity index (χ1) is 6.72. The minimum Gasteiger partial charge on any atom is -0.344 e. The number of imidazole rings is 1. The second kappa shape index (κ2) is 3.26. The third kappa shape index (κ3) is 1.31. The van der Waals surface area contributed by atoms with Gasteiger partial charge in [0.1, 0.15) is 0 Å². The number of nitrogens with one attached hydrogen (secondary N) is 1. The van der Waals surface area contributed by atoms with E-state index in [1.165, 1.54) is 18.5 Å². The van der Waals surface area contributed by atoms with Crippen LogP contribution in [0.3, 0.4) is 0 Å². The summed E-state index contributed by atoms with van der Waals surface area (Å²) in [6.45, 7) is 0. The molecule has 0 amide bonds. The SMILES string of the molecule is O=[N+]([O-])c1cc(CCl)c2nc[nH]c2c1. The molecule has 72 valence electrons. The Morgan fingerprint density at radius 1 is 1.57 bits per heavy atom. The van der Waals surface area contributed by atoms with Crippen molar-refractivity contribution in [2.75, 3.05) is 0 Å². The molecule has 6 heteroatoms. The summed E-state index contributed by atoms with van der Waals surface area (Å²) in [6.07, 6.45) is 1.49. The van der Waals surface area contributed by atoms with Gasteiger partial charge in [-0.2, -0.15) is 0 Å². The van der Waals surface area contributed by atoms with Gasteiger partial charge in [-0.3, -0.25) is 10.1 Å². The number of nitro benzene ring substituents is 1. The largest absolute Gasteiger partial charge is 0.344 e. The number of aromatic nitrogens is 2. The van der Waals surface area contributed by atoms with E-state index in [-0.39, 0.29) is 11.6 Å². The highest BCUT2D eigenvalue weighted by Gasteiger charge is 2.12. The van der Waals surface area contributed by atoms with Crippen molar-refractivity contribution < 1.29 is 4.92 Å². The van der Waals surface area contributed by atoms with E-state index in [2.05, 4.69) is 9.97 Å². The van der Waals surface area contributed by atoms with E-state index < -0.39 is 4.92 Å². The van der Waals surface area contributed by atoms with Gasteiger partial charge in [0.15, 0.2) is 0 Å².